The van der Waals surface area contributed by atoms with E-state index in [1.54, 1.807) is 0 Å². The first-order valence-corrected chi connectivity index (χ1v) is 7.33. The fraction of sp³-hybridized carbons (Fsp3) is 0.278. The smallest absolute Gasteiger partial charge is 0.287 e. The summed E-state index contributed by atoms with van der Waals surface area (Å²) in [6.45, 7) is 1.63. The fourth-order valence-corrected chi connectivity index (χ4v) is 2.50. The molecule has 1 heterocycles. The van der Waals surface area contributed by atoms with Gasteiger partial charge >= 0.3 is 0 Å². The lowest BCUT2D eigenvalue weighted by atomic mass is 9.99. The maximum Gasteiger partial charge on any atom is 0.287 e. The molecule has 2 aromatic carbocycles. The molecular formula is C18H20N2O. The number of ether oxygens (including phenoxy) is 1. The van der Waals surface area contributed by atoms with Gasteiger partial charge in [0.05, 0.1) is 12.6 Å². The van der Waals surface area contributed by atoms with E-state index < -0.39 is 0 Å². The third-order valence-corrected chi connectivity index (χ3v) is 3.71. The molecule has 1 unspecified atom stereocenters. The van der Waals surface area contributed by atoms with Crippen molar-refractivity contribution in [2.45, 2.75) is 12.5 Å². The Bertz CT molecular complexity index is 595. The van der Waals surface area contributed by atoms with Crippen LogP contribution in [0.5, 0.6) is 0 Å². The zero-order valence-corrected chi connectivity index (χ0v) is 12.3. The van der Waals surface area contributed by atoms with E-state index in [1.165, 1.54) is 11.1 Å². The van der Waals surface area contributed by atoms with Crippen LogP contribution < -0.4 is 0 Å². The van der Waals surface area contributed by atoms with Gasteiger partial charge in [-0.05, 0) is 17.5 Å². The van der Waals surface area contributed by atoms with Gasteiger partial charge in [0.15, 0.2) is 0 Å². The highest BCUT2D eigenvalue weighted by atomic mass is 16.5. The van der Waals surface area contributed by atoms with E-state index in [0.29, 0.717) is 0 Å². The Morgan fingerprint density at radius 1 is 1.05 bits per heavy atom. The van der Waals surface area contributed by atoms with Gasteiger partial charge in [-0.15, -0.1) is 0 Å². The van der Waals surface area contributed by atoms with Crippen molar-refractivity contribution in [3.8, 4) is 0 Å². The number of amidine groups is 1. The predicted molar refractivity (Wildman–Crippen MR) is 85.3 cm³/mol. The Morgan fingerprint density at radius 2 is 1.71 bits per heavy atom. The number of hydrogen-bond donors (Lipinski definition) is 0. The van der Waals surface area contributed by atoms with E-state index in [0.717, 1.165) is 25.6 Å². The minimum absolute atomic E-state index is 0.0872. The zero-order valence-electron chi connectivity index (χ0n) is 12.3. The molecule has 108 valence electrons. The van der Waals surface area contributed by atoms with Gasteiger partial charge < -0.3 is 9.64 Å². The first-order chi connectivity index (χ1) is 10.3. The first kappa shape index (κ1) is 13.7. The summed E-state index contributed by atoms with van der Waals surface area (Å²) in [5, 5.41) is 0. The maximum atomic E-state index is 5.63. The Kier molecular flexibility index (Phi) is 4.20. The molecule has 3 rings (SSSR count). The molecule has 0 spiro atoms. The van der Waals surface area contributed by atoms with Crippen LogP contribution >= 0.6 is 0 Å². The highest BCUT2D eigenvalue weighted by Crippen LogP contribution is 2.23. The van der Waals surface area contributed by atoms with Crippen molar-refractivity contribution >= 4 is 6.02 Å². The molecule has 0 radical (unpaired) electrons. The van der Waals surface area contributed by atoms with Crippen molar-refractivity contribution < 1.29 is 4.74 Å². The molecule has 1 aliphatic heterocycles. The van der Waals surface area contributed by atoms with Crippen LogP contribution in [0.15, 0.2) is 65.7 Å². The van der Waals surface area contributed by atoms with E-state index in [2.05, 4.69) is 53.4 Å². The molecule has 1 saturated heterocycles. The molecule has 1 aliphatic rings. The largest absolute Gasteiger partial charge is 0.463 e. The number of nitrogens with zero attached hydrogens (tertiary/aromatic N) is 2. The predicted octanol–water partition coefficient (Wildman–Crippen LogP) is 3.29. The summed E-state index contributed by atoms with van der Waals surface area (Å²) in [6.07, 6.45) is 0.881. The second-order valence-electron chi connectivity index (χ2n) is 5.30. The molecule has 0 saturated carbocycles. The van der Waals surface area contributed by atoms with E-state index in [1.807, 2.05) is 19.2 Å². The number of likely N-dealkylation sites (N-methyl/N-ethyl adjacent to an activating group) is 1. The number of rotatable bonds is 4. The summed E-state index contributed by atoms with van der Waals surface area (Å²) in [5.74, 6) is 0. The Labute approximate surface area is 125 Å². The summed E-state index contributed by atoms with van der Waals surface area (Å²) >= 11 is 0. The standard InChI is InChI=1S/C18H20N2O/c1-20-12-13-21-18(20)19-17(16-10-6-3-7-11-16)14-15-8-4-2-5-9-15/h2-11,17H,12-14H2,1H3. The lowest BCUT2D eigenvalue weighted by molar-refractivity contribution is 0.348. The average molecular weight is 280 g/mol. The van der Waals surface area contributed by atoms with Gasteiger partial charge in [0.2, 0.25) is 0 Å². The van der Waals surface area contributed by atoms with Crippen LogP contribution in [-0.4, -0.2) is 31.1 Å². The van der Waals surface area contributed by atoms with Crippen molar-refractivity contribution in [2.24, 2.45) is 4.99 Å². The first-order valence-electron chi connectivity index (χ1n) is 7.33. The van der Waals surface area contributed by atoms with Gasteiger partial charge in [0.1, 0.15) is 6.61 Å². The van der Waals surface area contributed by atoms with Crippen LogP contribution in [0.3, 0.4) is 0 Å². The Balaban J connectivity index is 1.88. The van der Waals surface area contributed by atoms with Crippen LogP contribution in [0.4, 0.5) is 0 Å². The maximum absolute atomic E-state index is 5.63. The van der Waals surface area contributed by atoms with Crippen molar-refractivity contribution in [2.75, 3.05) is 20.2 Å². The quantitative estimate of drug-likeness (QED) is 0.858. The minimum atomic E-state index is 0.0872. The van der Waals surface area contributed by atoms with Gasteiger partial charge in [-0.3, -0.25) is 0 Å². The SMILES string of the molecule is CN1CCOC1=NC(Cc1ccccc1)c1ccccc1. The van der Waals surface area contributed by atoms with Gasteiger partial charge in [-0.1, -0.05) is 60.7 Å². The number of hydrogen-bond acceptors (Lipinski definition) is 2. The van der Waals surface area contributed by atoms with Gasteiger partial charge in [0, 0.05) is 7.05 Å². The molecule has 0 aliphatic carbocycles. The molecule has 0 amide bonds. The lowest BCUT2D eigenvalue weighted by Crippen LogP contribution is -2.21. The summed E-state index contributed by atoms with van der Waals surface area (Å²) in [4.78, 5) is 6.91. The van der Waals surface area contributed by atoms with Gasteiger partial charge in [0.25, 0.3) is 6.02 Å². The summed E-state index contributed by atoms with van der Waals surface area (Å²) in [7, 11) is 2.02. The third kappa shape index (κ3) is 3.43. The molecular weight excluding hydrogens is 260 g/mol. The Hall–Kier alpha value is -2.29. The van der Waals surface area contributed by atoms with Gasteiger partial charge in [-0.2, -0.15) is 0 Å². The highest BCUT2D eigenvalue weighted by Gasteiger charge is 2.19. The topological polar surface area (TPSA) is 24.8 Å². The number of benzene rings is 2. The second-order valence-corrected chi connectivity index (χ2v) is 5.30. The molecule has 0 N–H and O–H groups in total. The van der Waals surface area contributed by atoms with Crippen molar-refractivity contribution in [1.29, 1.82) is 0 Å². The minimum Gasteiger partial charge on any atom is -0.463 e. The molecule has 0 aromatic heterocycles. The molecule has 1 atom stereocenters. The highest BCUT2D eigenvalue weighted by molar-refractivity contribution is 5.75. The molecule has 21 heavy (non-hydrogen) atoms. The summed E-state index contributed by atoms with van der Waals surface area (Å²) in [6, 6.07) is 21.7. The van der Waals surface area contributed by atoms with E-state index >= 15 is 0 Å². The molecule has 1 fully saturated rings. The lowest BCUT2D eigenvalue weighted by Gasteiger charge is -2.16. The van der Waals surface area contributed by atoms with Crippen LogP contribution in [0.2, 0.25) is 0 Å². The third-order valence-electron chi connectivity index (χ3n) is 3.71. The van der Waals surface area contributed by atoms with Crippen LogP contribution in [0.1, 0.15) is 17.2 Å². The molecule has 2 aromatic rings. The monoisotopic (exact) mass is 280 g/mol. The van der Waals surface area contributed by atoms with E-state index in [4.69, 9.17) is 9.73 Å². The van der Waals surface area contributed by atoms with Crippen LogP contribution in [-0.2, 0) is 11.2 Å². The average Bonchev–Trinajstić information content (AvgIpc) is 2.94. The summed E-state index contributed by atoms with van der Waals surface area (Å²) in [5.41, 5.74) is 2.51. The van der Waals surface area contributed by atoms with Crippen molar-refractivity contribution in [3.05, 3.63) is 71.8 Å². The molecule has 0 bridgehead atoms. The number of aliphatic imine (C=N–C) groups is 1. The van der Waals surface area contributed by atoms with Crippen molar-refractivity contribution in [3.63, 3.8) is 0 Å². The molecule has 3 nitrogen and oxygen atoms in total. The molecule has 3 heteroatoms. The van der Waals surface area contributed by atoms with Crippen molar-refractivity contribution in [1.82, 2.24) is 4.90 Å². The Morgan fingerprint density at radius 3 is 2.33 bits per heavy atom. The van der Waals surface area contributed by atoms with E-state index in [-0.39, 0.29) is 6.04 Å². The van der Waals surface area contributed by atoms with Crippen LogP contribution in [0, 0.1) is 0 Å². The summed E-state index contributed by atoms with van der Waals surface area (Å²) < 4.78 is 5.63. The second kappa shape index (κ2) is 6.44. The van der Waals surface area contributed by atoms with Crippen LogP contribution in [0.25, 0.3) is 0 Å². The van der Waals surface area contributed by atoms with Gasteiger partial charge in [-0.25, -0.2) is 4.99 Å². The zero-order chi connectivity index (χ0) is 14.5. The fourth-order valence-electron chi connectivity index (χ4n) is 2.50. The normalized spacial score (nSPS) is 17.8. The van der Waals surface area contributed by atoms with E-state index in [9.17, 15) is 0 Å².